The molecule has 7 heteroatoms. The van der Waals surface area contributed by atoms with E-state index >= 15 is 0 Å². The number of aryl methyl sites for hydroxylation is 2. The van der Waals surface area contributed by atoms with Gasteiger partial charge >= 0.3 is 0 Å². The normalized spacial score (nSPS) is 11.7. The van der Waals surface area contributed by atoms with Gasteiger partial charge in [-0.2, -0.15) is 0 Å². The molecule has 1 heterocycles. The van der Waals surface area contributed by atoms with Gasteiger partial charge in [0.15, 0.2) is 5.84 Å². The van der Waals surface area contributed by atoms with Crippen LogP contribution >= 0.6 is 0 Å². The molecule has 2 aromatic carbocycles. The van der Waals surface area contributed by atoms with Crippen molar-refractivity contribution in [1.29, 1.82) is 0 Å². The lowest BCUT2D eigenvalue weighted by Gasteiger charge is -2.10. The largest absolute Gasteiger partial charge is 0.338 e. The van der Waals surface area contributed by atoms with Crippen LogP contribution in [0.3, 0.4) is 0 Å². The zero-order chi connectivity index (χ0) is 18.4. The second kappa shape index (κ2) is 8.24. The van der Waals surface area contributed by atoms with Gasteiger partial charge in [-0.1, -0.05) is 36.4 Å². The van der Waals surface area contributed by atoms with Crippen molar-refractivity contribution in [2.24, 2.45) is 4.99 Å². The minimum atomic E-state index is -0.365. The lowest BCUT2D eigenvalue weighted by Crippen LogP contribution is -2.23. The fourth-order valence-electron chi connectivity index (χ4n) is 2.80. The number of hydrogen-bond donors (Lipinski definition) is 1. The maximum absolute atomic E-state index is 11.0. The van der Waals surface area contributed by atoms with Gasteiger partial charge in [-0.25, -0.2) is 4.98 Å². The fourth-order valence-corrected chi connectivity index (χ4v) is 2.80. The summed E-state index contributed by atoms with van der Waals surface area (Å²) in [6, 6.07) is 13.8. The number of rotatable bonds is 7. The topological polar surface area (TPSA) is 85.3 Å². The smallest absolute Gasteiger partial charge is 0.260 e. The summed E-state index contributed by atoms with van der Waals surface area (Å²) >= 11 is 0. The van der Waals surface area contributed by atoms with E-state index in [-0.39, 0.29) is 11.5 Å². The first-order chi connectivity index (χ1) is 12.6. The molecule has 134 valence electrons. The Morgan fingerprint density at radius 1 is 1.27 bits per heavy atom. The van der Waals surface area contributed by atoms with E-state index in [1.165, 1.54) is 0 Å². The Labute approximate surface area is 151 Å². The molecule has 26 heavy (non-hydrogen) atoms. The van der Waals surface area contributed by atoms with Crippen molar-refractivity contribution in [3.05, 3.63) is 70.8 Å². The Balaban J connectivity index is 1.69. The molecule has 0 saturated carbocycles. The van der Waals surface area contributed by atoms with Gasteiger partial charge in [-0.05, 0) is 24.8 Å². The van der Waals surface area contributed by atoms with Gasteiger partial charge in [-0.15, -0.1) is 0 Å². The molecule has 0 amide bonds. The SMILES string of the molecule is Cc1cn(CCCN=C(C[N+](=O)[O-])Nc2cccc3ccccc23)cn1. The van der Waals surface area contributed by atoms with Crippen molar-refractivity contribution in [3.8, 4) is 0 Å². The maximum atomic E-state index is 11.0. The van der Waals surface area contributed by atoms with E-state index < -0.39 is 0 Å². The third-order valence-corrected chi connectivity index (χ3v) is 3.99. The first-order valence-electron chi connectivity index (χ1n) is 8.50. The highest BCUT2D eigenvalue weighted by Crippen LogP contribution is 2.22. The highest BCUT2D eigenvalue weighted by Gasteiger charge is 2.09. The van der Waals surface area contributed by atoms with Crippen LogP contribution in [-0.2, 0) is 6.54 Å². The number of imidazole rings is 1. The van der Waals surface area contributed by atoms with Crippen molar-refractivity contribution in [1.82, 2.24) is 9.55 Å². The van der Waals surface area contributed by atoms with E-state index in [0.717, 1.165) is 35.1 Å². The Bertz CT molecular complexity index is 927. The molecule has 0 aliphatic heterocycles. The maximum Gasteiger partial charge on any atom is 0.260 e. The summed E-state index contributed by atoms with van der Waals surface area (Å²) in [5.74, 6) is 0.369. The molecule has 0 unspecified atom stereocenters. The first-order valence-corrected chi connectivity index (χ1v) is 8.50. The molecule has 1 aromatic heterocycles. The number of nitrogens with zero attached hydrogens (tertiary/aromatic N) is 4. The Hall–Kier alpha value is -3.22. The summed E-state index contributed by atoms with van der Waals surface area (Å²) in [7, 11) is 0. The highest BCUT2D eigenvalue weighted by molar-refractivity contribution is 6.04. The number of benzene rings is 2. The summed E-state index contributed by atoms with van der Waals surface area (Å²) in [6.45, 7) is 2.91. The van der Waals surface area contributed by atoms with E-state index in [1.54, 1.807) is 6.33 Å². The van der Waals surface area contributed by atoms with E-state index in [9.17, 15) is 10.1 Å². The monoisotopic (exact) mass is 351 g/mol. The Kier molecular flexibility index (Phi) is 5.58. The summed E-state index contributed by atoms with van der Waals surface area (Å²) in [5.41, 5.74) is 1.80. The zero-order valence-electron chi connectivity index (χ0n) is 14.6. The van der Waals surface area contributed by atoms with Gasteiger partial charge in [0.2, 0.25) is 0 Å². The molecule has 0 saturated heterocycles. The lowest BCUT2D eigenvalue weighted by atomic mass is 10.1. The molecule has 0 spiro atoms. The molecule has 0 bridgehead atoms. The van der Waals surface area contributed by atoms with Crippen LogP contribution in [0.1, 0.15) is 12.1 Å². The molecule has 0 fully saturated rings. The molecular weight excluding hydrogens is 330 g/mol. The van der Waals surface area contributed by atoms with Gasteiger partial charge in [0.05, 0.1) is 12.0 Å². The van der Waals surface area contributed by atoms with Crippen molar-refractivity contribution >= 4 is 22.3 Å². The molecular formula is C19H21N5O2. The van der Waals surface area contributed by atoms with E-state index in [2.05, 4.69) is 15.3 Å². The number of nitro groups is 1. The number of fused-ring (bicyclic) bond motifs is 1. The van der Waals surface area contributed by atoms with Crippen LogP contribution in [0.5, 0.6) is 0 Å². The molecule has 0 atom stereocenters. The van der Waals surface area contributed by atoms with Crippen LogP contribution in [-0.4, -0.2) is 33.4 Å². The number of hydrogen-bond acceptors (Lipinski definition) is 4. The van der Waals surface area contributed by atoms with Crippen LogP contribution in [0.2, 0.25) is 0 Å². The van der Waals surface area contributed by atoms with Gasteiger partial charge in [0, 0.05) is 35.3 Å². The molecule has 0 aliphatic carbocycles. The Morgan fingerprint density at radius 3 is 2.85 bits per heavy atom. The molecule has 3 rings (SSSR count). The average Bonchev–Trinajstić information content (AvgIpc) is 3.04. The number of anilines is 1. The number of aromatic nitrogens is 2. The van der Waals surface area contributed by atoms with Crippen molar-refractivity contribution in [2.45, 2.75) is 19.9 Å². The predicted molar refractivity (Wildman–Crippen MR) is 103 cm³/mol. The number of aliphatic imine (C=N–C) groups is 1. The lowest BCUT2D eigenvalue weighted by molar-refractivity contribution is -0.463. The van der Waals surface area contributed by atoms with Crippen LogP contribution in [0.15, 0.2) is 60.0 Å². The average molecular weight is 351 g/mol. The van der Waals surface area contributed by atoms with Crippen molar-refractivity contribution < 1.29 is 4.92 Å². The molecule has 0 radical (unpaired) electrons. The van der Waals surface area contributed by atoms with Crippen LogP contribution in [0.25, 0.3) is 10.8 Å². The van der Waals surface area contributed by atoms with Crippen molar-refractivity contribution in [3.63, 3.8) is 0 Å². The van der Waals surface area contributed by atoms with E-state index in [1.807, 2.05) is 60.2 Å². The fraction of sp³-hybridized carbons (Fsp3) is 0.263. The zero-order valence-corrected chi connectivity index (χ0v) is 14.6. The molecule has 3 aromatic rings. The van der Waals surface area contributed by atoms with Crippen molar-refractivity contribution in [2.75, 3.05) is 18.4 Å². The summed E-state index contributed by atoms with van der Waals surface area (Å²) in [5, 5.41) is 16.2. The Morgan fingerprint density at radius 2 is 2.08 bits per heavy atom. The van der Waals surface area contributed by atoms with Crippen LogP contribution < -0.4 is 5.32 Å². The van der Waals surface area contributed by atoms with Gasteiger partial charge in [-0.3, -0.25) is 15.1 Å². The quantitative estimate of drug-likeness (QED) is 0.232. The third kappa shape index (κ3) is 4.66. The highest BCUT2D eigenvalue weighted by atomic mass is 16.6. The summed E-state index contributed by atoms with van der Waals surface area (Å²) in [6.07, 6.45) is 4.54. The standard InChI is InChI=1S/C19H21N5O2/c1-15-12-23(14-21-15)11-5-10-20-19(13-24(25)26)22-18-9-4-7-16-6-2-3-8-17(16)18/h2-4,6-9,12,14H,5,10-11,13H2,1H3,(H,20,22). The molecule has 0 aliphatic rings. The van der Waals surface area contributed by atoms with Crippen LogP contribution in [0.4, 0.5) is 5.69 Å². The third-order valence-electron chi connectivity index (χ3n) is 3.99. The first kappa shape index (κ1) is 17.6. The van der Waals surface area contributed by atoms with E-state index in [0.29, 0.717) is 12.4 Å². The van der Waals surface area contributed by atoms with Gasteiger partial charge in [0.1, 0.15) is 0 Å². The van der Waals surface area contributed by atoms with Crippen LogP contribution in [0, 0.1) is 17.0 Å². The number of nitrogens with one attached hydrogen (secondary N) is 1. The minimum absolute atomic E-state index is 0.326. The van der Waals surface area contributed by atoms with E-state index in [4.69, 9.17) is 0 Å². The van der Waals surface area contributed by atoms with Gasteiger partial charge < -0.3 is 9.88 Å². The summed E-state index contributed by atoms with van der Waals surface area (Å²) < 4.78 is 2.00. The number of amidine groups is 1. The minimum Gasteiger partial charge on any atom is -0.338 e. The second-order valence-corrected chi connectivity index (χ2v) is 6.08. The van der Waals surface area contributed by atoms with Gasteiger partial charge in [0.25, 0.3) is 6.54 Å². The summed E-state index contributed by atoms with van der Waals surface area (Å²) in [4.78, 5) is 19.2. The molecule has 7 nitrogen and oxygen atoms in total. The second-order valence-electron chi connectivity index (χ2n) is 6.08. The predicted octanol–water partition coefficient (Wildman–Crippen LogP) is 3.52. The molecule has 1 N–H and O–H groups in total.